The van der Waals surface area contributed by atoms with E-state index in [0.717, 1.165) is 18.9 Å². The van der Waals surface area contributed by atoms with Crippen LogP contribution < -0.4 is 5.73 Å². The first-order valence-corrected chi connectivity index (χ1v) is 8.01. The van der Waals surface area contributed by atoms with Gasteiger partial charge in [-0.3, -0.25) is 0 Å². The van der Waals surface area contributed by atoms with Crippen LogP contribution in [0.3, 0.4) is 0 Å². The van der Waals surface area contributed by atoms with Crippen LogP contribution in [0.2, 0.25) is 0 Å². The van der Waals surface area contributed by atoms with Crippen molar-refractivity contribution in [2.45, 2.75) is 58.5 Å². The Morgan fingerprint density at radius 1 is 1.40 bits per heavy atom. The molecule has 2 unspecified atom stereocenters. The molecule has 2 atom stereocenters. The van der Waals surface area contributed by atoms with Crippen molar-refractivity contribution in [2.75, 3.05) is 20.6 Å². The molecule has 3 heteroatoms. The Kier molecular flexibility index (Phi) is 4.92. The van der Waals surface area contributed by atoms with Gasteiger partial charge in [0.2, 0.25) is 0 Å². The predicted octanol–water partition coefficient (Wildman–Crippen LogP) is 3.28. The van der Waals surface area contributed by atoms with Gasteiger partial charge in [0.1, 0.15) is 0 Å². The van der Waals surface area contributed by atoms with E-state index in [1.807, 2.05) is 0 Å². The largest absolute Gasteiger partial charge is 0.344 e. The van der Waals surface area contributed by atoms with Crippen LogP contribution in [-0.4, -0.2) is 30.1 Å². The third kappa shape index (κ3) is 3.26. The van der Waals surface area contributed by atoms with E-state index in [2.05, 4.69) is 50.4 Å². The Balaban J connectivity index is 2.37. The van der Waals surface area contributed by atoms with Crippen molar-refractivity contribution in [3.8, 4) is 0 Å². The predicted molar refractivity (Wildman–Crippen MR) is 86.1 cm³/mol. The summed E-state index contributed by atoms with van der Waals surface area (Å²) in [6, 6.07) is 3.15. The third-order valence-electron chi connectivity index (χ3n) is 4.38. The van der Waals surface area contributed by atoms with Gasteiger partial charge in [0.15, 0.2) is 0 Å². The van der Waals surface area contributed by atoms with Gasteiger partial charge in [-0.1, -0.05) is 13.8 Å². The lowest BCUT2D eigenvalue weighted by molar-refractivity contribution is 0.281. The average Bonchev–Trinajstić information content (AvgIpc) is 2.65. The number of fused-ring (bicyclic) bond motifs is 1. The number of hydrogen-bond donors (Lipinski definition) is 1. The SMILES string of the molecule is Cc1cc2c(n1C(CC(C)C)CN(C)C)CCCC2N. The molecule has 1 aromatic rings. The monoisotopic (exact) mass is 277 g/mol. The topological polar surface area (TPSA) is 34.2 Å². The molecule has 0 spiro atoms. The van der Waals surface area contributed by atoms with Crippen molar-refractivity contribution >= 4 is 0 Å². The number of aryl methyl sites for hydroxylation is 1. The Bertz CT molecular complexity index is 435. The maximum absolute atomic E-state index is 6.31. The number of rotatable bonds is 5. The lowest BCUT2D eigenvalue weighted by Gasteiger charge is -2.30. The Labute approximate surface area is 124 Å². The minimum atomic E-state index is 0.248. The molecule has 0 amide bonds. The maximum atomic E-state index is 6.31. The summed E-state index contributed by atoms with van der Waals surface area (Å²) >= 11 is 0. The highest BCUT2D eigenvalue weighted by atomic mass is 15.1. The van der Waals surface area contributed by atoms with Gasteiger partial charge in [-0.2, -0.15) is 0 Å². The van der Waals surface area contributed by atoms with Crippen molar-refractivity contribution in [3.05, 3.63) is 23.0 Å². The van der Waals surface area contributed by atoms with E-state index in [9.17, 15) is 0 Å². The zero-order valence-corrected chi connectivity index (χ0v) is 13.8. The van der Waals surface area contributed by atoms with Crippen LogP contribution in [0.1, 0.15) is 62.1 Å². The van der Waals surface area contributed by atoms with E-state index in [-0.39, 0.29) is 6.04 Å². The fraction of sp³-hybridized carbons (Fsp3) is 0.765. The van der Waals surface area contributed by atoms with E-state index < -0.39 is 0 Å². The van der Waals surface area contributed by atoms with Crippen LogP contribution in [0.4, 0.5) is 0 Å². The normalized spacial score (nSPS) is 20.5. The molecule has 0 saturated heterocycles. The average molecular weight is 277 g/mol. The fourth-order valence-electron chi connectivity index (χ4n) is 3.70. The van der Waals surface area contributed by atoms with E-state index in [4.69, 9.17) is 5.73 Å². The van der Waals surface area contributed by atoms with Gasteiger partial charge >= 0.3 is 0 Å². The first-order valence-electron chi connectivity index (χ1n) is 8.01. The van der Waals surface area contributed by atoms with Crippen molar-refractivity contribution in [1.29, 1.82) is 0 Å². The molecule has 0 bridgehead atoms. The summed E-state index contributed by atoms with van der Waals surface area (Å²) in [6.45, 7) is 7.99. The van der Waals surface area contributed by atoms with Crippen molar-refractivity contribution in [1.82, 2.24) is 9.47 Å². The van der Waals surface area contributed by atoms with Crippen LogP contribution >= 0.6 is 0 Å². The number of likely N-dealkylation sites (N-methyl/N-ethyl adjacent to an activating group) is 1. The number of nitrogens with zero attached hydrogens (tertiary/aromatic N) is 2. The first kappa shape index (κ1) is 15.6. The quantitative estimate of drug-likeness (QED) is 0.896. The fourth-order valence-corrected chi connectivity index (χ4v) is 3.70. The molecule has 3 nitrogen and oxygen atoms in total. The molecule has 114 valence electrons. The van der Waals surface area contributed by atoms with Crippen molar-refractivity contribution < 1.29 is 0 Å². The lowest BCUT2D eigenvalue weighted by Crippen LogP contribution is -2.28. The number of aromatic nitrogens is 1. The molecule has 2 rings (SSSR count). The van der Waals surface area contributed by atoms with E-state index >= 15 is 0 Å². The summed E-state index contributed by atoms with van der Waals surface area (Å²) in [5.41, 5.74) is 10.6. The standard InChI is InChI=1S/C17H31N3/c1-12(2)9-14(11-19(4)5)20-13(3)10-15-16(18)7-6-8-17(15)20/h10,12,14,16H,6-9,11,18H2,1-5H3. The Morgan fingerprint density at radius 3 is 2.70 bits per heavy atom. The molecule has 1 aliphatic rings. The van der Waals surface area contributed by atoms with Gasteiger partial charge in [0, 0.05) is 30.0 Å². The van der Waals surface area contributed by atoms with Gasteiger partial charge in [-0.15, -0.1) is 0 Å². The molecule has 1 heterocycles. The molecule has 0 fully saturated rings. The summed E-state index contributed by atoms with van der Waals surface area (Å²) in [6.07, 6.45) is 4.79. The van der Waals surface area contributed by atoms with Crippen LogP contribution in [0, 0.1) is 12.8 Å². The van der Waals surface area contributed by atoms with Gasteiger partial charge in [-0.25, -0.2) is 0 Å². The highest BCUT2D eigenvalue weighted by Crippen LogP contribution is 2.34. The van der Waals surface area contributed by atoms with Crippen molar-refractivity contribution in [3.63, 3.8) is 0 Å². The summed E-state index contributed by atoms with van der Waals surface area (Å²) in [7, 11) is 4.34. The zero-order chi connectivity index (χ0) is 14.9. The highest BCUT2D eigenvalue weighted by molar-refractivity contribution is 5.33. The van der Waals surface area contributed by atoms with Crippen molar-refractivity contribution in [2.24, 2.45) is 11.7 Å². The molecule has 20 heavy (non-hydrogen) atoms. The lowest BCUT2D eigenvalue weighted by atomic mass is 9.93. The maximum Gasteiger partial charge on any atom is 0.0465 e. The minimum Gasteiger partial charge on any atom is -0.344 e. The minimum absolute atomic E-state index is 0.248. The second-order valence-corrected chi connectivity index (χ2v) is 7.10. The van der Waals surface area contributed by atoms with Crippen LogP contribution in [0.5, 0.6) is 0 Å². The van der Waals surface area contributed by atoms with Crippen LogP contribution in [-0.2, 0) is 6.42 Å². The second-order valence-electron chi connectivity index (χ2n) is 7.10. The number of nitrogens with two attached hydrogens (primary N) is 1. The Morgan fingerprint density at radius 2 is 2.10 bits per heavy atom. The summed E-state index contributed by atoms with van der Waals surface area (Å²) in [5, 5.41) is 0. The summed E-state index contributed by atoms with van der Waals surface area (Å²) < 4.78 is 2.59. The molecule has 2 N–H and O–H groups in total. The van der Waals surface area contributed by atoms with Gasteiger partial charge in [0.05, 0.1) is 0 Å². The van der Waals surface area contributed by atoms with Crippen LogP contribution in [0.25, 0.3) is 0 Å². The molecule has 1 aromatic heterocycles. The van der Waals surface area contributed by atoms with Crippen LogP contribution in [0.15, 0.2) is 6.07 Å². The second kappa shape index (κ2) is 6.31. The van der Waals surface area contributed by atoms with E-state index in [1.165, 1.54) is 36.2 Å². The zero-order valence-electron chi connectivity index (χ0n) is 13.8. The van der Waals surface area contributed by atoms with E-state index in [0.29, 0.717) is 6.04 Å². The third-order valence-corrected chi connectivity index (χ3v) is 4.38. The van der Waals surface area contributed by atoms with Gasteiger partial charge < -0.3 is 15.2 Å². The molecular weight excluding hydrogens is 246 g/mol. The molecule has 0 saturated carbocycles. The summed E-state index contributed by atoms with van der Waals surface area (Å²) in [4.78, 5) is 2.31. The van der Waals surface area contributed by atoms with E-state index in [1.54, 1.807) is 0 Å². The molecule has 1 aliphatic carbocycles. The Hall–Kier alpha value is -0.800. The molecular formula is C17H31N3. The van der Waals surface area contributed by atoms with Gasteiger partial charge in [0.25, 0.3) is 0 Å². The number of hydrogen-bond acceptors (Lipinski definition) is 2. The van der Waals surface area contributed by atoms with Gasteiger partial charge in [-0.05, 0) is 64.3 Å². The molecule has 0 aliphatic heterocycles. The first-order chi connectivity index (χ1) is 9.40. The molecule has 0 radical (unpaired) electrons. The summed E-state index contributed by atoms with van der Waals surface area (Å²) in [5.74, 6) is 0.717. The smallest absolute Gasteiger partial charge is 0.0465 e. The highest BCUT2D eigenvalue weighted by Gasteiger charge is 2.26. The molecule has 0 aromatic carbocycles.